The van der Waals surface area contributed by atoms with Gasteiger partial charge in [-0.05, 0) is 36.2 Å². The monoisotopic (exact) mass is 455 g/mol. The first-order valence-electron chi connectivity index (χ1n) is 9.14. The first kappa shape index (κ1) is 22.2. The second-order valence-electron chi connectivity index (χ2n) is 6.74. The van der Waals surface area contributed by atoms with Crippen molar-refractivity contribution in [1.29, 1.82) is 0 Å². The summed E-state index contributed by atoms with van der Waals surface area (Å²) in [6.45, 7) is 1.24. The highest BCUT2D eigenvalue weighted by Crippen LogP contribution is 2.18. The van der Waals surface area contributed by atoms with Gasteiger partial charge in [0.05, 0.1) is 5.02 Å². The number of rotatable bonds is 7. The number of aromatic hydroxyl groups is 1. The van der Waals surface area contributed by atoms with Crippen LogP contribution in [0.15, 0.2) is 42.6 Å². The van der Waals surface area contributed by atoms with E-state index in [0.717, 1.165) is 0 Å². The lowest BCUT2D eigenvalue weighted by Crippen LogP contribution is -2.56. The molecule has 1 aliphatic rings. The molecule has 30 heavy (non-hydrogen) atoms. The lowest BCUT2D eigenvalue weighted by Gasteiger charge is -2.35. The van der Waals surface area contributed by atoms with Crippen LogP contribution in [-0.4, -0.2) is 66.1 Å². The number of phenolic OH excluding ortho intramolecular Hbond substituents is 1. The Kier molecular flexibility index (Phi) is 7.10. The van der Waals surface area contributed by atoms with Gasteiger partial charge < -0.3 is 10.0 Å². The number of hydrogen-bond acceptors (Lipinski definition) is 7. The van der Waals surface area contributed by atoms with Crippen molar-refractivity contribution in [3.8, 4) is 5.75 Å². The standard InChI is InChI=1S/C18H22ClN5O5S/c19-14-3-6-17(20-12-14)23-7-9-24(10-8-23)30(28,29)22-16(18(26)21-27)11-13-1-4-15(25)5-2-13/h1-6,12,16,22,25,27H,7-11H2,(H,21,26). The molecular weight excluding hydrogens is 434 g/mol. The Balaban J connectivity index is 1.65. The Morgan fingerprint density at radius 3 is 2.37 bits per heavy atom. The third-order valence-electron chi connectivity index (χ3n) is 4.71. The summed E-state index contributed by atoms with van der Waals surface area (Å²) in [4.78, 5) is 18.2. The van der Waals surface area contributed by atoms with E-state index >= 15 is 0 Å². The smallest absolute Gasteiger partial charge is 0.280 e. The number of anilines is 1. The lowest BCUT2D eigenvalue weighted by molar-refractivity contribution is -0.130. The topological polar surface area (TPSA) is 135 Å². The van der Waals surface area contributed by atoms with Crippen LogP contribution in [0.3, 0.4) is 0 Å². The van der Waals surface area contributed by atoms with Gasteiger partial charge >= 0.3 is 0 Å². The fourth-order valence-corrected chi connectivity index (χ4v) is 4.56. The third kappa shape index (κ3) is 5.58. The number of nitrogens with one attached hydrogen (secondary N) is 2. The molecule has 1 fully saturated rings. The third-order valence-corrected chi connectivity index (χ3v) is 6.56. The maximum Gasteiger partial charge on any atom is 0.280 e. The van der Waals surface area contributed by atoms with Gasteiger partial charge in [0.25, 0.3) is 16.1 Å². The van der Waals surface area contributed by atoms with Crippen LogP contribution >= 0.6 is 11.6 Å². The van der Waals surface area contributed by atoms with Crippen LogP contribution in [0, 0.1) is 0 Å². The van der Waals surface area contributed by atoms with E-state index in [1.165, 1.54) is 28.1 Å². The minimum absolute atomic E-state index is 0.000559. The number of pyridine rings is 1. The second-order valence-corrected chi connectivity index (χ2v) is 8.88. The van der Waals surface area contributed by atoms with E-state index in [2.05, 4.69) is 9.71 Å². The molecule has 12 heteroatoms. The van der Waals surface area contributed by atoms with Gasteiger partial charge in [0, 0.05) is 32.4 Å². The molecule has 0 spiro atoms. The van der Waals surface area contributed by atoms with Gasteiger partial charge in [-0.1, -0.05) is 23.7 Å². The van der Waals surface area contributed by atoms with Crippen molar-refractivity contribution in [2.75, 3.05) is 31.1 Å². The highest BCUT2D eigenvalue weighted by atomic mass is 35.5. The summed E-state index contributed by atoms with van der Waals surface area (Å²) in [6, 6.07) is 8.27. The van der Waals surface area contributed by atoms with Crippen LogP contribution in [0.4, 0.5) is 5.82 Å². The Morgan fingerprint density at radius 1 is 1.13 bits per heavy atom. The van der Waals surface area contributed by atoms with Gasteiger partial charge in [-0.2, -0.15) is 17.4 Å². The number of benzene rings is 1. The molecule has 162 valence electrons. The molecule has 0 saturated carbocycles. The minimum Gasteiger partial charge on any atom is -0.508 e. The van der Waals surface area contributed by atoms with Crippen molar-refractivity contribution in [3.63, 3.8) is 0 Å². The van der Waals surface area contributed by atoms with E-state index in [9.17, 15) is 18.3 Å². The summed E-state index contributed by atoms with van der Waals surface area (Å²) in [5, 5.41) is 18.9. The molecule has 0 bridgehead atoms. The summed E-state index contributed by atoms with van der Waals surface area (Å²) in [6.07, 6.45) is 1.53. The van der Waals surface area contributed by atoms with Crippen LogP contribution in [0.25, 0.3) is 0 Å². The molecule has 1 saturated heterocycles. The SMILES string of the molecule is O=C(NO)C(Cc1ccc(O)cc1)NS(=O)(=O)N1CCN(c2ccc(Cl)cn2)CC1. The van der Waals surface area contributed by atoms with Crippen molar-refractivity contribution in [1.82, 2.24) is 19.5 Å². The highest BCUT2D eigenvalue weighted by molar-refractivity contribution is 7.87. The summed E-state index contributed by atoms with van der Waals surface area (Å²) in [5.74, 6) is -0.125. The molecular formula is C18H22ClN5O5S. The first-order chi connectivity index (χ1) is 14.3. The quantitative estimate of drug-likeness (QED) is 0.353. The van der Waals surface area contributed by atoms with E-state index in [0.29, 0.717) is 29.5 Å². The maximum absolute atomic E-state index is 12.8. The van der Waals surface area contributed by atoms with E-state index < -0.39 is 22.2 Å². The van der Waals surface area contributed by atoms with E-state index in [1.54, 1.807) is 24.3 Å². The average Bonchev–Trinajstić information content (AvgIpc) is 2.75. The highest BCUT2D eigenvalue weighted by Gasteiger charge is 2.32. The number of amides is 1. The number of halogens is 1. The van der Waals surface area contributed by atoms with Crippen LogP contribution in [0.1, 0.15) is 5.56 Å². The predicted molar refractivity (Wildman–Crippen MR) is 111 cm³/mol. The molecule has 1 unspecified atom stereocenters. The zero-order valence-electron chi connectivity index (χ0n) is 15.9. The normalized spacial score (nSPS) is 16.3. The summed E-state index contributed by atoms with van der Waals surface area (Å²) in [7, 11) is -3.98. The molecule has 0 aliphatic carbocycles. The van der Waals surface area contributed by atoms with Gasteiger partial charge in [0.15, 0.2) is 0 Å². The van der Waals surface area contributed by atoms with Crippen molar-refractivity contribution in [3.05, 3.63) is 53.2 Å². The van der Waals surface area contributed by atoms with Gasteiger partial charge in [0.1, 0.15) is 17.6 Å². The summed E-state index contributed by atoms with van der Waals surface area (Å²) >= 11 is 5.85. The molecule has 1 amide bonds. The fraction of sp³-hybridized carbons (Fsp3) is 0.333. The number of aromatic nitrogens is 1. The number of hydroxylamine groups is 1. The largest absolute Gasteiger partial charge is 0.508 e. The molecule has 4 N–H and O–H groups in total. The molecule has 1 aromatic heterocycles. The number of nitrogens with zero attached hydrogens (tertiary/aromatic N) is 3. The molecule has 1 aromatic carbocycles. The van der Waals surface area contributed by atoms with Crippen LogP contribution < -0.4 is 15.1 Å². The van der Waals surface area contributed by atoms with Crippen LogP contribution in [-0.2, 0) is 21.4 Å². The molecule has 1 atom stereocenters. The number of carbonyl (C=O) groups excluding carboxylic acids is 1. The van der Waals surface area contributed by atoms with Crippen molar-refractivity contribution >= 4 is 33.5 Å². The van der Waals surface area contributed by atoms with Crippen LogP contribution in [0.5, 0.6) is 5.75 Å². The molecule has 2 heterocycles. The number of phenols is 1. The first-order valence-corrected chi connectivity index (χ1v) is 11.0. The zero-order chi connectivity index (χ0) is 21.7. The molecule has 1 aliphatic heterocycles. The lowest BCUT2D eigenvalue weighted by atomic mass is 10.1. The van der Waals surface area contributed by atoms with Crippen molar-refractivity contribution in [2.45, 2.75) is 12.5 Å². The Bertz CT molecular complexity index is 963. The molecule has 0 radical (unpaired) electrons. The molecule has 10 nitrogen and oxygen atoms in total. The van der Waals surface area contributed by atoms with E-state index in [4.69, 9.17) is 16.8 Å². The van der Waals surface area contributed by atoms with Gasteiger partial charge in [-0.25, -0.2) is 10.5 Å². The Labute approximate surface area is 179 Å². The number of piperazine rings is 1. The predicted octanol–water partition coefficient (Wildman–Crippen LogP) is 0.514. The maximum atomic E-state index is 12.8. The summed E-state index contributed by atoms with van der Waals surface area (Å²) in [5.41, 5.74) is 2.11. The number of carbonyl (C=O) groups is 1. The van der Waals surface area contributed by atoms with E-state index in [-0.39, 0.29) is 25.3 Å². The van der Waals surface area contributed by atoms with E-state index in [1.807, 2.05) is 4.90 Å². The van der Waals surface area contributed by atoms with Crippen LogP contribution in [0.2, 0.25) is 5.02 Å². The van der Waals surface area contributed by atoms with Gasteiger partial charge in [-0.15, -0.1) is 0 Å². The second kappa shape index (κ2) is 9.58. The van der Waals surface area contributed by atoms with Gasteiger partial charge in [-0.3, -0.25) is 10.0 Å². The molecule has 2 aromatic rings. The minimum atomic E-state index is -3.98. The molecule has 3 rings (SSSR count). The zero-order valence-corrected chi connectivity index (χ0v) is 17.5. The van der Waals surface area contributed by atoms with Crippen molar-refractivity contribution < 1.29 is 23.5 Å². The fourth-order valence-electron chi connectivity index (χ4n) is 3.10. The Morgan fingerprint density at radius 2 is 1.80 bits per heavy atom. The number of hydrogen-bond donors (Lipinski definition) is 4. The summed E-state index contributed by atoms with van der Waals surface area (Å²) < 4.78 is 29.2. The van der Waals surface area contributed by atoms with Gasteiger partial charge in [0.2, 0.25) is 0 Å². The van der Waals surface area contributed by atoms with Crippen molar-refractivity contribution in [2.24, 2.45) is 0 Å². The average molecular weight is 456 g/mol. The Hall–Kier alpha value is -2.44.